The molecule has 0 aliphatic rings. The molecular formula is C7H11ClN4O2. The molecule has 1 heterocycles. The fourth-order valence-corrected chi connectivity index (χ4v) is 1.00. The number of rotatable bonds is 4. The molecule has 6 nitrogen and oxygen atoms in total. The molecule has 14 heavy (non-hydrogen) atoms. The average Bonchev–Trinajstić information content (AvgIpc) is 2.12. The first-order valence-corrected chi connectivity index (χ1v) is 4.32. The molecule has 0 bridgehead atoms. The second kappa shape index (κ2) is 4.94. The number of halogens is 1. The van der Waals surface area contributed by atoms with Crippen molar-refractivity contribution >= 4 is 23.4 Å². The third-order valence-electron chi connectivity index (χ3n) is 1.44. The Bertz CT molecular complexity index is 289. The van der Waals surface area contributed by atoms with Gasteiger partial charge in [0.2, 0.25) is 5.95 Å². The van der Waals surface area contributed by atoms with E-state index in [9.17, 15) is 0 Å². The van der Waals surface area contributed by atoms with Crippen LogP contribution in [0.1, 0.15) is 0 Å². The standard InChI is InChI=1S/C7H11ClN4O2/c8-5-1-6(12-7(9)11-5)10-2-4(14)3-13/h1,4,13-14H,2-3H2,(H3,9,10,11,12)/t4-/m0/s1. The summed E-state index contributed by atoms with van der Waals surface area (Å²) >= 11 is 5.62. The molecule has 0 aromatic carbocycles. The van der Waals surface area contributed by atoms with Crippen molar-refractivity contribution in [2.45, 2.75) is 6.10 Å². The Morgan fingerprint density at radius 3 is 2.86 bits per heavy atom. The van der Waals surface area contributed by atoms with E-state index in [1.807, 2.05) is 0 Å². The first kappa shape index (κ1) is 11.0. The van der Waals surface area contributed by atoms with E-state index in [0.717, 1.165) is 0 Å². The van der Waals surface area contributed by atoms with Crippen molar-refractivity contribution in [3.05, 3.63) is 11.2 Å². The van der Waals surface area contributed by atoms with Gasteiger partial charge in [-0.2, -0.15) is 4.98 Å². The first-order valence-electron chi connectivity index (χ1n) is 3.94. The number of nitrogens with two attached hydrogens (primary N) is 1. The van der Waals surface area contributed by atoms with E-state index in [0.29, 0.717) is 5.82 Å². The zero-order valence-electron chi connectivity index (χ0n) is 7.31. The van der Waals surface area contributed by atoms with Crippen LogP contribution in [-0.2, 0) is 0 Å². The Kier molecular flexibility index (Phi) is 3.87. The van der Waals surface area contributed by atoms with Crippen molar-refractivity contribution < 1.29 is 10.2 Å². The van der Waals surface area contributed by atoms with Gasteiger partial charge in [0, 0.05) is 12.6 Å². The zero-order valence-corrected chi connectivity index (χ0v) is 8.07. The summed E-state index contributed by atoms with van der Waals surface area (Å²) in [5.41, 5.74) is 5.34. The summed E-state index contributed by atoms with van der Waals surface area (Å²) in [5, 5.41) is 20.6. The van der Waals surface area contributed by atoms with Crippen molar-refractivity contribution in [2.75, 3.05) is 24.2 Å². The lowest BCUT2D eigenvalue weighted by Gasteiger charge is -2.09. The van der Waals surface area contributed by atoms with Gasteiger partial charge in [0.15, 0.2) is 0 Å². The molecule has 5 N–H and O–H groups in total. The highest BCUT2D eigenvalue weighted by Gasteiger charge is 2.03. The number of aliphatic hydroxyl groups excluding tert-OH is 2. The monoisotopic (exact) mass is 218 g/mol. The highest BCUT2D eigenvalue weighted by atomic mass is 35.5. The van der Waals surface area contributed by atoms with Gasteiger partial charge in [0.05, 0.1) is 12.7 Å². The van der Waals surface area contributed by atoms with E-state index < -0.39 is 6.10 Å². The maximum atomic E-state index is 9.04. The molecule has 1 atom stereocenters. The fraction of sp³-hybridized carbons (Fsp3) is 0.429. The summed E-state index contributed by atoms with van der Waals surface area (Å²) in [4.78, 5) is 7.48. The molecule has 1 aromatic rings. The molecule has 1 rings (SSSR count). The molecule has 0 saturated heterocycles. The van der Waals surface area contributed by atoms with Crippen molar-refractivity contribution in [2.24, 2.45) is 0 Å². The predicted molar refractivity (Wildman–Crippen MR) is 53.0 cm³/mol. The molecule has 0 saturated carbocycles. The lowest BCUT2D eigenvalue weighted by atomic mass is 10.4. The van der Waals surface area contributed by atoms with Gasteiger partial charge in [-0.15, -0.1) is 0 Å². The second-order valence-corrected chi connectivity index (χ2v) is 3.04. The fourth-order valence-electron chi connectivity index (χ4n) is 0.813. The van der Waals surface area contributed by atoms with Gasteiger partial charge in [-0.1, -0.05) is 11.6 Å². The van der Waals surface area contributed by atoms with Gasteiger partial charge in [-0.25, -0.2) is 4.98 Å². The lowest BCUT2D eigenvalue weighted by molar-refractivity contribution is 0.105. The number of nitrogen functional groups attached to an aromatic ring is 1. The Morgan fingerprint density at radius 2 is 2.29 bits per heavy atom. The molecular weight excluding hydrogens is 208 g/mol. The maximum Gasteiger partial charge on any atom is 0.223 e. The Hall–Kier alpha value is -1.11. The van der Waals surface area contributed by atoms with E-state index >= 15 is 0 Å². The minimum atomic E-state index is -0.843. The van der Waals surface area contributed by atoms with Gasteiger partial charge in [0.1, 0.15) is 11.0 Å². The third kappa shape index (κ3) is 3.33. The van der Waals surface area contributed by atoms with Gasteiger partial charge in [-0.3, -0.25) is 0 Å². The molecule has 0 spiro atoms. The maximum absolute atomic E-state index is 9.04. The largest absolute Gasteiger partial charge is 0.394 e. The highest BCUT2D eigenvalue weighted by molar-refractivity contribution is 6.29. The van der Waals surface area contributed by atoms with Crippen LogP contribution in [0.5, 0.6) is 0 Å². The molecule has 1 aromatic heterocycles. The van der Waals surface area contributed by atoms with Gasteiger partial charge in [-0.05, 0) is 0 Å². The van der Waals surface area contributed by atoms with Crippen LogP contribution in [0, 0.1) is 0 Å². The summed E-state index contributed by atoms with van der Waals surface area (Å²) in [6, 6.07) is 1.47. The SMILES string of the molecule is Nc1nc(Cl)cc(NC[C@H](O)CO)n1. The molecule has 0 aliphatic heterocycles. The Balaban J connectivity index is 2.58. The average molecular weight is 219 g/mol. The molecule has 78 valence electrons. The molecule has 0 radical (unpaired) electrons. The summed E-state index contributed by atoms with van der Waals surface area (Å²) in [6.07, 6.45) is -0.843. The number of aromatic nitrogens is 2. The van der Waals surface area contributed by atoms with E-state index in [1.165, 1.54) is 6.07 Å². The van der Waals surface area contributed by atoms with Crippen LogP contribution in [0.3, 0.4) is 0 Å². The van der Waals surface area contributed by atoms with E-state index in [-0.39, 0.29) is 24.3 Å². The molecule has 7 heteroatoms. The number of aliphatic hydroxyl groups is 2. The number of anilines is 2. The molecule has 0 unspecified atom stereocenters. The third-order valence-corrected chi connectivity index (χ3v) is 1.64. The number of nitrogens with one attached hydrogen (secondary N) is 1. The lowest BCUT2D eigenvalue weighted by Crippen LogP contribution is -2.23. The first-order chi connectivity index (χ1) is 6.61. The minimum Gasteiger partial charge on any atom is -0.394 e. The van der Waals surface area contributed by atoms with Crippen LogP contribution in [0.25, 0.3) is 0 Å². The molecule has 0 aliphatic carbocycles. The Labute approximate surface area is 85.7 Å². The quantitative estimate of drug-likeness (QED) is 0.507. The minimum absolute atomic E-state index is 0.0542. The number of nitrogens with zero attached hydrogens (tertiary/aromatic N) is 2. The van der Waals surface area contributed by atoms with Crippen LogP contribution in [0.15, 0.2) is 6.07 Å². The molecule has 0 fully saturated rings. The van der Waals surface area contributed by atoms with E-state index in [4.69, 9.17) is 27.5 Å². The van der Waals surface area contributed by atoms with Crippen LogP contribution >= 0.6 is 11.6 Å². The van der Waals surface area contributed by atoms with Gasteiger partial charge >= 0.3 is 0 Å². The van der Waals surface area contributed by atoms with Crippen molar-refractivity contribution in [3.63, 3.8) is 0 Å². The number of hydrogen-bond donors (Lipinski definition) is 4. The van der Waals surface area contributed by atoms with Crippen LogP contribution in [0.2, 0.25) is 5.15 Å². The topological polar surface area (TPSA) is 104 Å². The van der Waals surface area contributed by atoms with Crippen LogP contribution in [0.4, 0.5) is 11.8 Å². The second-order valence-electron chi connectivity index (χ2n) is 2.65. The number of hydrogen-bond acceptors (Lipinski definition) is 6. The normalized spacial score (nSPS) is 12.5. The van der Waals surface area contributed by atoms with E-state index in [2.05, 4.69) is 15.3 Å². The highest BCUT2D eigenvalue weighted by Crippen LogP contribution is 2.11. The van der Waals surface area contributed by atoms with Gasteiger partial charge < -0.3 is 21.3 Å². The van der Waals surface area contributed by atoms with E-state index in [1.54, 1.807) is 0 Å². The smallest absolute Gasteiger partial charge is 0.223 e. The summed E-state index contributed by atoms with van der Waals surface area (Å²) in [5.74, 6) is 0.466. The predicted octanol–water partition coefficient (Wildman–Crippen LogP) is -0.523. The Morgan fingerprint density at radius 1 is 1.57 bits per heavy atom. The summed E-state index contributed by atoms with van der Waals surface area (Å²) in [7, 11) is 0. The van der Waals surface area contributed by atoms with Crippen LogP contribution < -0.4 is 11.1 Å². The summed E-state index contributed by atoms with van der Waals surface area (Å²) < 4.78 is 0. The van der Waals surface area contributed by atoms with Gasteiger partial charge in [0.25, 0.3) is 0 Å². The zero-order chi connectivity index (χ0) is 10.6. The van der Waals surface area contributed by atoms with Crippen molar-refractivity contribution in [1.82, 2.24) is 9.97 Å². The van der Waals surface area contributed by atoms with Crippen LogP contribution in [-0.4, -0.2) is 39.4 Å². The summed E-state index contributed by atoms with van der Waals surface area (Å²) in [6.45, 7) is -0.148. The van der Waals surface area contributed by atoms with Crippen molar-refractivity contribution in [3.8, 4) is 0 Å². The molecule has 0 amide bonds. The van der Waals surface area contributed by atoms with Crippen molar-refractivity contribution in [1.29, 1.82) is 0 Å².